The van der Waals surface area contributed by atoms with Crippen LogP contribution in [0.5, 0.6) is 0 Å². The number of carbonyl (C=O) groups excluding carboxylic acids is 1. The maximum atomic E-state index is 11.9. The van der Waals surface area contributed by atoms with E-state index >= 15 is 0 Å². The Kier molecular flexibility index (Phi) is 4.60. The highest BCUT2D eigenvalue weighted by Crippen LogP contribution is 2.15. The number of nitrogens with one attached hydrogen (secondary N) is 1. The Morgan fingerprint density at radius 3 is 2.95 bits per heavy atom. The van der Waals surface area contributed by atoms with Crippen molar-refractivity contribution in [3.63, 3.8) is 0 Å². The molecule has 0 saturated carbocycles. The van der Waals surface area contributed by atoms with E-state index in [4.69, 9.17) is 10.8 Å². The average Bonchev–Trinajstić information content (AvgIpc) is 3.04. The molecule has 0 aliphatic rings. The van der Waals surface area contributed by atoms with E-state index in [-0.39, 0.29) is 25.0 Å². The first kappa shape index (κ1) is 15.1. The van der Waals surface area contributed by atoms with Crippen LogP contribution in [-0.4, -0.2) is 37.0 Å². The van der Waals surface area contributed by atoms with Crippen LogP contribution in [-0.2, 0) is 17.9 Å². The zero-order valence-corrected chi connectivity index (χ0v) is 12.0. The van der Waals surface area contributed by atoms with Gasteiger partial charge in [-0.15, -0.1) is 16.4 Å². The van der Waals surface area contributed by atoms with Crippen molar-refractivity contribution in [2.75, 3.05) is 0 Å². The number of aromatic nitrogens is 4. The summed E-state index contributed by atoms with van der Waals surface area (Å²) in [4.78, 5) is 26.5. The summed E-state index contributed by atoms with van der Waals surface area (Å²) < 4.78 is 1.18. The van der Waals surface area contributed by atoms with Crippen molar-refractivity contribution in [3.8, 4) is 0 Å². The minimum absolute atomic E-state index is 0.142. The third-order valence-electron chi connectivity index (χ3n) is 2.46. The van der Waals surface area contributed by atoms with Crippen molar-refractivity contribution < 1.29 is 14.7 Å². The van der Waals surface area contributed by atoms with Crippen LogP contribution in [0, 0.1) is 0 Å². The molecule has 2 heterocycles. The van der Waals surface area contributed by atoms with Gasteiger partial charge in [-0.1, -0.05) is 5.21 Å². The predicted octanol–water partition coefficient (Wildman–Crippen LogP) is -0.231. The Morgan fingerprint density at radius 1 is 1.57 bits per heavy atom. The SMILES string of the molecule is CC(N)c1nc(C(=O)NCc2cn(CC(=O)O)nn2)cs1. The van der Waals surface area contributed by atoms with Gasteiger partial charge in [0.2, 0.25) is 0 Å². The lowest BCUT2D eigenvalue weighted by Gasteiger charge is -2.00. The third kappa shape index (κ3) is 4.07. The summed E-state index contributed by atoms with van der Waals surface area (Å²) in [5.74, 6) is -1.35. The number of aliphatic carboxylic acids is 1. The van der Waals surface area contributed by atoms with Gasteiger partial charge < -0.3 is 16.2 Å². The summed E-state index contributed by atoms with van der Waals surface area (Å²) >= 11 is 1.32. The number of nitrogens with zero attached hydrogens (tertiary/aromatic N) is 4. The second-order valence-electron chi connectivity index (χ2n) is 4.34. The molecule has 1 unspecified atom stereocenters. The van der Waals surface area contributed by atoms with Crippen LogP contribution in [0.15, 0.2) is 11.6 Å². The van der Waals surface area contributed by atoms with Crippen LogP contribution in [0.4, 0.5) is 0 Å². The van der Waals surface area contributed by atoms with Gasteiger partial charge in [-0.3, -0.25) is 9.59 Å². The Hall–Kier alpha value is -2.33. The van der Waals surface area contributed by atoms with Gasteiger partial charge in [-0.25, -0.2) is 9.67 Å². The van der Waals surface area contributed by atoms with Crippen molar-refractivity contribution in [2.45, 2.75) is 26.1 Å². The summed E-state index contributed by atoms with van der Waals surface area (Å²) in [5, 5.41) is 21.0. The third-order valence-corrected chi connectivity index (χ3v) is 3.50. The Balaban J connectivity index is 1.91. The second kappa shape index (κ2) is 6.41. The van der Waals surface area contributed by atoms with Gasteiger partial charge in [0.05, 0.1) is 18.8 Å². The quantitative estimate of drug-likeness (QED) is 0.670. The number of carboxylic acids is 1. The maximum absolute atomic E-state index is 11.9. The molecule has 9 nitrogen and oxygen atoms in total. The topological polar surface area (TPSA) is 136 Å². The highest BCUT2D eigenvalue weighted by molar-refractivity contribution is 7.09. The largest absolute Gasteiger partial charge is 0.480 e. The van der Waals surface area contributed by atoms with Gasteiger partial charge >= 0.3 is 5.97 Å². The molecule has 0 spiro atoms. The number of carbonyl (C=O) groups is 2. The number of amides is 1. The molecule has 2 aromatic heterocycles. The maximum Gasteiger partial charge on any atom is 0.325 e. The summed E-state index contributed by atoms with van der Waals surface area (Å²) in [7, 11) is 0. The summed E-state index contributed by atoms with van der Waals surface area (Å²) in [6, 6.07) is -0.215. The fourth-order valence-electron chi connectivity index (χ4n) is 1.50. The van der Waals surface area contributed by atoms with Gasteiger partial charge in [0.25, 0.3) is 5.91 Å². The molecule has 0 aliphatic heterocycles. The number of nitrogens with two attached hydrogens (primary N) is 1. The lowest BCUT2D eigenvalue weighted by Crippen LogP contribution is -2.23. The molecule has 10 heteroatoms. The van der Waals surface area contributed by atoms with Crippen molar-refractivity contribution in [1.29, 1.82) is 0 Å². The van der Waals surface area contributed by atoms with Crippen molar-refractivity contribution in [1.82, 2.24) is 25.3 Å². The number of rotatable bonds is 6. The average molecular weight is 310 g/mol. The van der Waals surface area contributed by atoms with E-state index in [2.05, 4.69) is 20.6 Å². The van der Waals surface area contributed by atoms with Crippen molar-refractivity contribution in [2.24, 2.45) is 5.73 Å². The Bertz CT molecular complexity index is 650. The molecule has 0 radical (unpaired) electrons. The van der Waals surface area contributed by atoms with E-state index in [0.717, 1.165) is 0 Å². The zero-order chi connectivity index (χ0) is 15.4. The first-order valence-electron chi connectivity index (χ1n) is 6.05. The van der Waals surface area contributed by atoms with Crippen LogP contribution in [0.2, 0.25) is 0 Å². The lowest BCUT2D eigenvalue weighted by atomic mass is 10.4. The Morgan fingerprint density at radius 2 is 2.33 bits per heavy atom. The first-order chi connectivity index (χ1) is 9.95. The van der Waals surface area contributed by atoms with E-state index in [1.54, 1.807) is 12.3 Å². The smallest absolute Gasteiger partial charge is 0.325 e. The fourth-order valence-corrected chi connectivity index (χ4v) is 2.26. The molecule has 1 amide bonds. The standard InChI is InChI=1S/C11H14N6O3S/c1-6(12)11-14-8(5-21-11)10(20)13-2-7-3-17(16-15-7)4-9(18)19/h3,5-6H,2,4,12H2,1H3,(H,13,20)(H,18,19). The highest BCUT2D eigenvalue weighted by Gasteiger charge is 2.13. The monoisotopic (exact) mass is 310 g/mol. The van der Waals surface area contributed by atoms with E-state index in [1.807, 2.05) is 0 Å². The summed E-state index contributed by atoms with van der Waals surface area (Å²) in [5.41, 5.74) is 6.44. The number of carboxylic acid groups (broad SMARTS) is 1. The van der Waals surface area contributed by atoms with E-state index in [9.17, 15) is 9.59 Å². The molecule has 2 rings (SSSR count). The molecule has 0 aromatic carbocycles. The summed E-state index contributed by atoms with van der Waals surface area (Å²) in [6.45, 7) is 1.66. The molecular formula is C11H14N6O3S. The van der Waals surface area contributed by atoms with Crippen LogP contribution >= 0.6 is 11.3 Å². The molecule has 2 aromatic rings. The molecular weight excluding hydrogens is 296 g/mol. The molecule has 0 bridgehead atoms. The van der Waals surface area contributed by atoms with E-state index in [0.29, 0.717) is 16.4 Å². The first-order valence-corrected chi connectivity index (χ1v) is 6.93. The number of hydrogen-bond donors (Lipinski definition) is 3. The Labute approximate surface area is 123 Å². The summed E-state index contributed by atoms with van der Waals surface area (Å²) in [6.07, 6.45) is 1.46. The van der Waals surface area contributed by atoms with Gasteiger partial charge in [0.1, 0.15) is 22.9 Å². The molecule has 4 N–H and O–H groups in total. The minimum atomic E-state index is -1.01. The van der Waals surface area contributed by atoms with Gasteiger partial charge in [-0.05, 0) is 6.92 Å². The van der Waals surface area contributed by atoms with E-state index < -0.39 is 5.97 Å². The number of hydrogen-bond acceptors (Lipinski definition) is 7. The van der Waals surface area contributed by atoms with Crippen LogP contribution in [0.1, 0.15) is 34.2 Å². The lowest BCUT2D eigenvalue weighted by molar-refractivity contribution is -0.137. The number of thiazole rings is 1. The predicted molar refractivity (Wildman–Crippen MR) is 73.5 cm³/mol. The minimum Gasteiger partial charge on any atom is -0.480 e. The molecule has 112 valence electrons. The normalized spacial score (nSPS) is 12.1. The van der Waals surface area contributed by atoms with Crippen LogP contribution in [0.25, 0.3) is 0 Å². The van der Waals surface area contributed by atoms with Gasteiger partial charge in [0, 0.05) is 5.38 Å². The highest BCUT2D eigenvalue weighted by atomic mass is 32.1. The fraction of sp³-hybridized carbons (Fsp3) is 0.364. The van der Waals surface area contributed by atoms with Crippen LogP contribution < -0.4 is 11.1 Å². The molecule has 0 fully saturated rings. The van der Waals surface area contributed by atoms with Gasteiger partial charge in [0.15, 0.2) is 0 Å². The molecule has 0 aliphatic carbocycles. The molecule has 21 heavy (non-hydrogen) atoms. The second-order valence-corrected chi connectivity index (χ2v) is 5.23. The van der Waals surface area contributed by atoms with Gasteiger partial charge in [-0.2, -0.15) is 0 Å². The zero-order valence-electron chi connectivity index (χ0n) is 11.2. The van der Waals surface area contributed by atoms with Crippen LogP contribution in [0.3, 0.4) is 0 Å². The van der Waals surface area contributed by atoms with Crippen molar-refractivity contribution in [3.05, 3.63) is 28.0 Å². The van der Waals surface area contributed by atoms with E-state index in [1.165, 1.54) is 22.2 Å². The molecule has 1 atom stereocenters. The van der Waals surface area contributed by atoms with Crippen molar-refractivity contribution >= 4 is 23.2 Å². The molecule has 0 saturated heterocycles.